The van der Waals surface area contributed by atoms with Crippen LogP contribution in [0.5, 0.6) is 5.88 Å². The topological polar surface area (TPSA) is 64.5 Å². The van der Waals surface area contributed by atoms with Gasteiger partial charge in [0.15, 0.2) is 0 Å². The first-order valence-electron chi connectivity index (χ1n) is 10.5. The first-order valence-corrected chi connectivity index (χ1v) is 11.3. The summed E-state index contributed by atoms with van der Waals surface area (Å²) >= 11 is 1.75. The molecule has 0 amide bonds. The molecular formula is C21H27N3O3S. The van der Waals surface area contributed by atoms with E-state index < -0.39 is 0 Å². The number of hydrogen-bond donors (Lipinski definition) is 0. The summed E-state index contributed by atoms with van der Waals surface area (Å²) in [6.45, 7) is 3.84. The van der Waals surface area contributed by atoms with E-state index in [2.05, 4.69) is 14.9 Å². The highest BCUT2D eigenvalue weighted by Crippen LogP contribution is 2.47. The van der Waals surface area contributed by atoms with Crippen LogP contribution in [0, 0.1) is 0 Å². The molecule has 0 aromatic carbocycles. The molecule has 6 nitrogen and oxygen atoms in total. The highest BCUT2D eigenvalue weighted by Gasteiger charge is 2.32. The van der Waals surface area contributed by atoms with Gasteiger partial charge in [0, 0.05) is 30.4 Å². The van der Waals surface area contributed by atoms with E-state index in [9.17, 15) is 4.79 Å². The van der Waals surface area contributed by atoms with Crippen molar-refractivity contribution in [3.63, 3.8) is 0 Å². The molecule has 1 saturated heterocycles. The van der Waals surface area contributed by atoms with Crippen LogP contribution in [0.25, 0.3) is 10.2 Å². The Balaban J connectivity index is 1.31. The molecule has 2 fully saturated rings. The van der Waals surface area contributed by atoms with E-state index in [1.807, 2.05) is 0 Å². The summed E-state index contributed by atoms with van der Waals surface area (Å²) in [6.07, 6.45) is 10.0. The van der Waals surface area contributed by atoms with Crippen LogP contribution in [-0.2, 0) is 16.0 Å². The molecule has 0 unspecified atom stereocenters. The highest BCUT2D eigenvalue weighted by atomic mass is 32.1. The fourth-order valence-corrected chi connectivity index (χ4v) is 6.34. The minimum atomic E-state index is 0.219. The zero-order valence-electron chi connectivity index (χ0n) is 16.1. The smallest absolute Gasteiger partial charge is 0.225 e. The lowest BCUT2D eigenvalue weighted by Gasteiger charge is -2.38. The van der Waals surface area contributed by atoms with E-state index in [-0.39, 0.29) is 6.10 Å². The summed E-state index contributed by atoms with van der Waals surface area (Å²) < 4.78 is 11.9. The number of aromatic nitrogens is 2. The lowest BCUT2D eigenvalue weighted by Crippen LogP contribution is -2.46. The molecule has 2 aliphatic carbocycles. The Kier molecular flexibility index (Phi) is 5.30. The van der Waals surface area contributed by atoms with Gasteiger partial charge in [-0.25, -0.2) is 9.97 Å². The lowest BCUT2D eigenvalue weighted by atomic mass is 9.91. The van der Waals surface area contributed by atoms with E-state index in [4.69, 9.17) is 9.47 Å². The van der Waals surface area contributed by atoms with Crippen molar-refractivity contribution in [3.8, 4) is 5.88 Å². The molecule has 1 atom stereocenters. The zero-order chi connectivity index (χ0) is 18.9. The van der Waals surface area contributed by atoms with Crippen LogP contribution in [0.2, 0.25) is 0 Å². The van der Waals surface area contributed by atoms with E-state index in [1.54, 1.807) is 17.7 Å². The summed E-state index contributed by atoms with van der Waals surface area (Å²) in [4.78, 5) is 25.1. The van der Waals surface area contributed by atoms with Crippen molar-refractivity contribution < 1.29 is 14.3 Å². The van der Waals surface area contributed by atoms with E-state index >= 15 is 0 Å². The summed E-state index contributed by atoms with van der Waals surface area (Å²) in [7, 11) is 0. The standard InChI is InChI=1S/C21H27N3O3S/c25-10-7-14-1-6-17-18(14)19-20(22-13-23-21(19)28-17)27-16-4-2-15(3-5-16)24-8-11-26-12-9-24/h10,13-16H,1-9,11-12H2/t14-,15-,16-/m1/s1. The largest absolute Gasteiger partial charge is 0.474 e. The fraction of sp³-hybridized carbons (Fsp3) is 0.667. The molecule has 0 radical (unpaired) electrons. The van der Waals surface area contributed by atoms with E-state index in [0.29, 0.717) is 18.4 Å². The third-order valence-corrected chi connectivity index (χ3v) is 7.73. The normalized spacial score (nSPS) is 28.4. The average Bonchev–Trinajstić information content (AvgIpc) is 3.30. The number of hydrogen-bond acceptors (Lipinski definition) is 7. The van der Waals surface area contributed by atoms with Crippen LogP contribution in [0.15, 0.2) is 6.33 Å². The van der Waals surface area contributed by atoms with Crippen molar-refractivity contribution in [3.05, 3.63) is 16.8 Å². The number of aryl methyl sites for hydroxylation is 1. The summed E-state index contributed by atoms with van der Waals surface area (Å²) in [6, 6.07) is 0.663. The predicted molar refractivity (Wildman–Crippen MR) is 108 cm³/mol. The number of rotatable bonds is 5. The van der Waals surface area contributed by atoms with Gasteiger partial charge in [-0.2, -0.15) is 0 Å². The molecular weight excluding hydrogens is 374 g/mol. The third-order valence-electron chi connectivity index (χ3n) is 6.56. The SMILES string of the molecule is O=CC[C@H]1CCc2sc3ncnc(O[C@H]4CC[C@H](N5CCOCC5)CC4)c3c21. The Morgan fingerprint density at radius 2 is 2.00 bits per heavy atom. The van der Waals surface area contributed by atoms with Crippen LogP contribution >= 0.6 is 11.3 Å². The Hall–Kier alpha value is -1.57. The quantitative estimate of drug-likeness (QED) is 0.716. The van der Waals surface area contributed by atoms with E-state index in [0.717, 1.165) is 74.4 Å². The molecule has 2 aromatic heterocycles. The molecule has 28 heavy (non-hydrogen) atoms. The van der Waals surface area contributed by atoms with Crippen molar-refractivity contribution in [2.45, 2.75) is 63.0 Å². The number of morpholine rings is 1. The average molecular weight is 402 g/mol. The molecule has 1 aliphatic heterocycles. The molecule has 7 heteroatoms. The molecule has 1 saturated carbocycles. The van der Waals surface area contributed by atoms with Crippen LogP contribution in [0.1, 0.15) is 54.9 Å². The number of aldehydes is 1. The van der Waals surface area contributed by atoms with Gasteiger partial charge in [-0.15, -0.1) is 11.3 Å². The second-order valence-corrected chi connectivity index (χ2v) is 9.22. The molecule has 3 aliphatic rings. The Labute approximate surface area is 169 Å². The maximum atomic E-state index is 11.1. The van der Waals surface area contributed by atoms with Gasteiger partial charge in [0.05, 0.1) is 18.6 Å². The summed E-state index contributed by atoms with van der Waals surface area (Å²) in [5, 5.41) is 1.07. The maximum Gasteiger partial charge on any atom is 0.225 e. The number of thiophene rings is 1. The number of fused-ring (bicyclic) bond motifs is 3. The first kappa shape index (κ1) is 18.5. The molecule has 3 heterocycles. The maximum absolute atomic E-state index is 11.1. The van der Waals surface area contributed by atoms with Crippen LogP contribution in [-0.4, -0.2) is 59.6 Å². The monoisotopic (exact) mass is 401 g/mol. The predicted octanol–water partition coefficient (Wildman–Crippen LogP) is 3.33. The second-order valence-electron chi connectivity index (χ2n) is 8.13. The Morgan fingerprint density at radius 1 is 1.18 bits per heavy atom. The molecule has 0 bridgehead atoms. The van der Waals surface area contributed by atoms with Gasteiger partial charge >= 0.3 is 0 Å². The molecule has 0 spiro atoms. The minimum Gasteiger partial charge on any atom is -0.474 e. The number of nitrogens with zero attached hydrogens (tertiary/aromatic N) is 3. The van der Waals surface area contributed by atoms with Crippen molar-refractivity contribution in [1.29, 1.82) is 0 Å². The zero-order valence-corrected chi connectivity index (χ0v) is 17.0. The number of carbonyl (C=O) groups is 1. The highest BCUT2D eigenvalue weighted by molar-refractivity contribution is 7.19. The van der Waals surface area contributed by atoms with E-state index in [1.165, 1.54) is 23.3 Å². The van der Waals surface area contributed by atoms with Gasteiger partial charge in [-0.3, -0.25) is 4.90 Å². The molecule has 0 N–H and O–H groups in total. The van der Waals surface area contributed by atoms with Gasteiger partial charge in [0.2, 0.25) is 5.88 Å². The van der Waals surface area contributed by atoms with Crippen molar-refractivity contribution in [2.75, 3.05) is 26.3 Å². The summed E-state index contributed by atoms with van der Waals surface area (Å²) in [5.74, 6) is 1.03. The fourth-order valence-electron chi connectivity index (χ4n) is 5.11. The molecule has 5 rings (SSSR count). The van der Waals surface area contributed by atoms with Crippen molar-refractivity contribution >= 4 is 27.8 Å². The molecule has 2 aromatic rings. The number of ether oxygens (including phenoxy) is 2. The third kappa shape index (κ3) is 3.44. The van der Waals surface area contributed by atoms with Crippen molar-refractivity contribution in [2.24, 2.45) is 0 Å². The molecule has 150 valence electrons. The van der Waals surface area contributed by atoms with Gasteiger partial charge < -0.3 is 14.3 Å². The second kappa shape index (κ2) is 8.05. The van der Waals surface area contributed by atoms with Gasteiger partial charge in [0.1, 0.15) is 23.5 Å². The summed E-state index contributed by atoms with van der Waals surface area (Å²) in [5.41, 5.74) is 1.28. The van der Waals surface area contributed by atoms with Crippen molar-refractivity contribution in [1.82, 2.24) is 14.9 Å². The number of carbonyl (C=O) groups excluding carboxylic acids is 1. The van der Waals surface area contributed by atoms with Crippen LogP contribution < -0.4 is 4.74 Å². The minimum absolute atomic E-state index is 0.219. The Bertz CT molecular complexity index is 841. The van der Waals surface area contributed by atoms with Crippen LogP contribution in [0.4, 0.5) is 0 Å². The van der Waals surface area contributed by atoms with Gasteiger partial charge in [-0.05, 0) is 50.0 Å². The van der Waals surface area contributed by atoms with Crippen LogP contribution in [0.3, 0.4) is 0 Å². The Morgan fingerprint density at radius 3 is 2.79 bits per heavy atom. The van der Waals surface area contributed by atoms with Gasteiger partial charge in [0.25, 0.3) is 0 Å². The first-order chi connectivity index (χ1) is 13.8. The van der Waals surface area contributed by atoms with Gasteiger partial charge in [-0.1, -0.05) is 0 Å². The lowest BCUT2D eigenvalue weighted by molar-refractivity contribution is -0.108.